The Morgan fingerprint density at radius 1 is 1.37 bits per heavy atom. The SMILES string of the molecule is CCC[C@H](c1cccnc1Br)N1CCNCC1.Cl.Cl. The Labute approximate surface area is 136 Å². The first kappa shape index (κ1) is 19.1. The number of hydrogen-bond acceptors (Lipinski definition) is 3. The number of pyridine rings is 1. The molecule has 0 bridgehead atoms. The molecule has 6 heteroatoms. The lowest BCUT2D eigenvalue weighted by Crippen LogP contribution is -2.45. The second kappa shape index (κ2) is 9.94. The lowest BCUT2D eigenvalue weighted by Gasteiger charge is -2.35. The van der Waals surface area contributed by atoms with E-state index in [9.17, 15) is 0 Å². The summed E-state index contributed by atoms with van der Waals surface area (Å²) in [5.74, 6) is 0. The number of halogens is 3. The fraction of sp³-hybridized carbons (Fsp3) is 0.615. The van der Waals surface area contributed by atoms with E-state index < -0.39 is 0 Å². The number of nitrogens with one attached hydrogen (secondary N) is 1. The first-order valence-corrected chi connectivity index (χ1v) is 7.17. The maximum absolute atomic E-state index is 4.35. The van der Waals surface area contributed by atoms with Gasteiger partial charge in [0.2, 0.25) is 0 Å². The van der Waals surface area contributed by atoms with Crippen LogP contribution in [0.25, 0.3) is 0 Å². The summed E-state index contributed by atoms with van der Waals surface area (Å²) < 4.78 is 0.997. The summed E-state index contributed by atoms with van der Waals surface area (Å²) in [6, 6.07) is 4.73. The van der Waals surface area contributed by atoms with Gasteiger partial charge in [-0.05, 0) is 28.4 Å². The van der Waals surface area contributed by atoms with E-state index in [-0.39, 0.29) is 24.8 Å². The molecule has 1 aliphatic heterocycles. The molecule has 1 aromatic rings. The molecule has 19 heavy (non-hydrogen) atoms. The van der Waals surface area contributed by atoms with Crippen molar-refractivity contribution in [3.05, 3.63) is 28.5 Å². The lowest BCUT2D eigenvalue weighted by atomic mass is 10.0. The van der Waals surface area contributed by atoms with Crippen molar-refractivity contribution in [3.8, 4) is 0 Å². The maximum atomic E-state index is 4.35. The highest BCUT2D eigenvalue weighted by Gasteiger charge is 2.23. The van der Waals surface area contributed by atoms with Crippen molar-refractivity contribution in [1.82, 2.24) is 15.2 Å². The first-order chi connectivity index (χ1) is 8.33. The van der Waals surface area contributed by atoms with Gasteiger partial charge in [0.1, 0.15) is 4.60 Å². The smallest absolute Gasteiger partial charge is 0.110 e. The lowest BCUT2D eigenvalue weighted by molar-refractivity contribution is 0.164. The molecule has 0 saturated carbocycles. The van der Waals surface area contributed by atoms with Gasteiger partial charge < -0.3 is 5.32 Å². The molecule has 3 nitrogen and oxygen atoms in total. The van der Waals surface area contributed by atoms with Crippen LogP contribution in [-0.2, 0) is 0 Å². The molecule has 0 spiro atoms. The molecule has 110 valence electrons. The van der Waals surface area contributed by atoms with Gasteiger partial charge in [-0.3, -0.25) is 4.90 Å². The molecule has 2 heterocycles. The second-order valence-corrected chi connectivity index (χ2v) is 5.23. The minimum Gasteiger partial charge on any atom is -0.314 e. The molecular formula is C13H22BrCl2N3. The average molecular weight is 371 g/mol. The highest BCUT2D eigenvalue weighted by atomic mass is 79.9. The van der Waals surface area contributed by atoms with Gasteiger partial charge in [-0.25, -0.2) is 4.98 Å². The van der Waals surface area contributed by atoms with E-state index in [1.165, 1.54) is 18.4 Å². The van der Waals surface area contributed by atoms with Crippen LogP contribution < -0.4 is 5.32 Å². The minimum atomic E-state index is 0. The number of nitrogens with zero attached hydrogens (tertiary/aromatic N) is 2. The third-order valence-corrected chi connectivity index (χ3v) is 3.96. The summed E-state index contributed by atoms with van der Waals surface area (Å²) in [5, 5.41) is 3.41. The average Bonchev–Trinajstić information content (AvgIpc) is 2.38. The Morgan fingerprint density at radius 3 is 2.63 bits per heavy atom. The van der Waals surface area contributed by atoms with Crippen LogP contribution >= 0.6 is 40.7 Å². The Balaban J connectivity index is 0.00000162. The summed E-state index contributed by atoms with van der Waals surface area (Å²) in [4.78, 5) is 6.92. The number of hydrogen-bond donors (Lipinski definition) is 1. The number of piperazine rings is 1. The summed E-state index contributed by atoms with van der Waals surface area (Å²) in [6.07, 6.45) is 4.24. The zero-order valence-corrected chi connectivity index (χ0v) is 14.4. The molecule has 0 unspecified atom stereocenters. The van der Waals surface area contributed by atoms with Crippen LogP contribution in [0.1, 0.15) is 31.4 Å². The van der Waals surface area contributed by atoms with Gasteiger partial charge in [0, 0.05) is 44.0 Å². The van der Waals surface area contributed by atoms with Crippen molar-refractivity contribution in [2.45, 2.75) is 25.8 Å². The Kier molecular flexibility index (Phi) is 10.0. The molecular weight excluding hydrogens is 349 g/mol. The predicted octanol–water partition coefficient (Wildman–Crippen LogP) is 3.43. The Hall–Kier alpha value is 0.130. The molecule has 1 aliphatic rings. The van der Waals surface area contributed by atoms with E-state index in [1.54, 1.807) is 0 Å². The maximum Gasteiger partial charge on any atom is 0.110 e. The minimum absolute atomic E-state index is 0. The predicted molar refractivity (Wildman–Crippen MR) is 88.5 cm³/mol. The van der Waals surface area contributed by atoms with E-state index in [1.807, 2.05) is 12.3 Å². The largest absolute Gasteiger partial charge is 0.314 e. The van der Waals surface area contributed by atoms with Gasteiger partial charge in [-0.1, -0.05) is 19.4 Å². The molecule has 1 saturated heterocycles. The monoisotopic (exact) mass is 369 g/mol. The molecule has 2 rings (SSSR count). The van der Waals surface area contributed by atoms with Crippen LogP contribution in [-0.4, -0.2) is 36.1 Å². The van der Waals surface area contributed by atoms with Gasteiger partial charge in [0.05, 0.1) is 0 Å². The Morgan fingerprint density at radius 2 is 2.05 bits per heavy atom. The van der Waals surface area contributed by atoms with Crippen molar-refractivity contribution in [3.63, 3.8) is 0 Å². The fourth-order valence-corrected chi connectivity index (χ4v) is 2.96. The molecule has 0 radical (unpaired) electrons. The third-order valence-electron chi connectivity index (χ3n) is 3.30. The first-order valence-electron chi connectivity index (χ1n) is 6.38. The summed E-state index contributed by atoms with van der Waals surface area (Å²) in [6.45, 7) is 6.70. The van der Waals surface area contributed by atoms with Crippen molar-refractivity contribution < 1.29 is 0 Å². The van der Waals surface area contributed by atoms with Gasteiger partial charge in [0.25, 0.3) is 0 Å². The number of aromatic nitrogens is 1. The number of rotatable bonds is 4. The molecule has 1 fully saturated rings. The highest BCUT2D eigenvalue weighted by Crippen LogP contribution is 2.30. The summed E-state index contributed by atoms with van der Waals surface area (Å²) >= 11 is 3.58. The van der Waals surface area contributed by atoms with E-state index in [2.05, 4.69) is 44.1 Å². The van der Waals surface area contributed by atoms with Gasteiger partial charge >= 0.3 is 0 Å². The van der Waals surface area contributed by atoms with E-state index in [0.717, 1.165) is 30.8 Å². The summed E-state index contributed by atoms with van der Waals surface area (Å²) in [7, 11) is 0. The molecule has 0 amide bonds. The molecule has 0 aliphatic carbocycles. The zero-order chi connectivity index (χ0) is 12.1. The summed E-state index contributed by atoms with van der Waals surface area (Å²) in [5.41, 5.74) is 1.33. The van der Waals surface area contributed by atoms with E-state index >= 15 is 0 Å². The van der Waals surface area contributed by atoms with Crippen molar-refractivity contribution in [2.75, 3.05) is 26.2 Å². The van der Waals surface area contributed by atoms with E-state index in [0.29, 0.717) is 6.04 Å². The van der Waals surface area contributed by atoms with Crippen LogP contribution in [0.5, 0.6) is 0 Å². The van der Waals surface area contributed by atoms with Gasteiger partial charge in [-0.15, -0.1) is 24.8 Å². The van der Waals surface area contributed by atoms with Crippen molar-refractivity contribution in [1.29, 1.82) is 0 Å². The standard InChI is InChI=1S/C13H20BrN3.2ClH/c1-2-4-12(17-9-7-15-8-10-17)11-5-3-6-16-13(11)14;;/h3,5-6,12,15H,2,4,7-10H2,1H3;2*1H/t12-;;/m1../s1. The van der Waals surface area contributed by atoms with Crippen LogP contribution in [0.2, 0.25) is 0 Å². The topological polar surface area (TPSA) is 28.2 Å². The van der Waals surface area contributed by atoms with Crippen molar-refractivity contribution in [2.24, 2.45) is 0 Å². The van der Waals surface area contributed by atoms with Crippen LogP contribution in [0.15, 0.2) is 22.9 Å². The second-order valence-electron chi connectivity index (χ2n) is 4.47. The zero-order valence-electron chi connectivity index (χ0n) is 11.1. The van der Waals surface area contributed by atoms with E-state index in [4.69, 9.17) is 0 Å². The van der Waals surface area contributed by atoms with Crippen LogP contribution in [0, 0.1) is 0 Å². The van der Waals surface area contributed by atoms with Gasteiger partial charge in [-0.2, -0.15) is 0 Å². The fourth-order valence-electron chi connectivity index (χ4n) is 2.45. The van der Waals surface area contributed by atoms with Gasteiger partial charge in [0.15, 0.2) is 0 Å². The highest BCUT2D eigenvalue weighted by molar-refractivity contribution is 9.10. The molecule has 1 N–H and O–H groups in total. The third kappa shape index (κ3) is 5.20. The van der Waals surface area contributed by atoms with Crippen molar-refractivity contribution >= 4 is 40.7 Å². The Bertz CT molecular complexity index is 359. The molecule has 0 aromatic carbocycles. The molecule has 1 atom stereocenters. The quantitative estimate of drug-likeness (QED) is 0.823. The molecule has 1 aromatic heterocycles. The van der Waals surface area contributed by atoms with Crippen LogP contribution in [0.3, 0.4) is 0 Å². The normalized spacial score (nSPS) is 17.2. The van der Waals surface area contributed by atoms with Crippen LogP contribution in [0.4, 0.5) is 0 Å².